The third-order valence-corrected chi connectivity index (χ3v) is 4.95. The lowest BCUT2D eigenvalue weighted by atomic mass is 9.71. The molecule has 2 rings (SSSR count). The molecule has 1 aliphatic carbocycles. The van der Waals surface area contributed by atoms with Crippen LogP contribution in [0.25, 0.3) is 0 Å². The lowest BCUT2D eigenvalue weighted by molar-refractivity contribution is -0.143. The molecule has 1 saturated carbocycles. The molecule has 19 heavy (non-hydrogen) atoms. The number of methoxy groups -OCH3 is 1. The van der Waals surface area contributed by atoms with Crippen molar-refractivity contribution in [2.45, 2.75) is 63.6 Å². The molecule has 4 nitrogen and oxygen atoms in total. The molecule has 0 aromatic heterocycles. The largest absolute Gasteiger partial charge is 0.389 e. The molecule has 3 atom stereocenters. The monoisotopic (exact) mass is 269 g/mol. The van der Waals surface area contributed by atoms with E-state index in [1.165, 1.54) is 6.42 Å². The number of piperidine rings is 1. The molecule has 1 aliphatic heterocycles. The summed E-state index contributed by atoms with van der Waals surface area (Å²) in [5, 5.41) is 10.6. The van der Waals surface area contributed by atoms with Crippen molar-refractivity contribution in [2.24, 2.45) is 5.92 Å². The van der Waals surface area contributed by atoms with Crippen LogP contribution in [0.4, 0.5) is 0 Å². The lowest BCUT2D eigenvalue weighted by Crippen LogP contribution is -2.54. The molecule has 0 aromatic carbocycles. The number of aliphatic hydroxyl groups is 1. The Morgan fingerprint density at radius 1 is 1.47 bits per heavy atom. The minimum Gasteiger partial charge on any atom is -0.389 e. The maximum Gasteiger partial charge on any atom is 0.222 e. The summed E-state index contributed by atoms with van der Waals surface area (Å²) >= 11 is 0. The van der Waals surface area contributed by atoms with Crippen LogP contribution in [-0.2, 0) is 9.53 Å². The van der Waals surface area contributed by atoms with Gasteiger partial charge in [0.2, 0.25) is 5.91 Å². The summed E-state index contributed by atoms with van der Waals surface area (Å²) in [5.41, 5.74) is -0.491. The van der Waals surface area contributed by atoms with E-state index >= 15 is 0 Å². The van der Waals surface area contributed by atoms with Crippen molar-refractivity contribution in [1.29, 1.82) is 0 Å². The van der Waals surface area contributed by atoms with Gasteiger partial charge in [0.25, 0.3) is 0 Å². The van der Waals surface area contributed by atoms with Crippen molar-refractivity contribution in [3.8, 4) is 0 Å². The number of carbonyl (C=O) groups excluding carboxylic acids is 1. The maximum atomic E-state index is 12.2. The summed E-state index contributed by atoms with van der Waals surface area (Å²) in [4.78, 5) is 14.1. The van der Waals surface area contributed by atoms with Gasteiger partial charge in [0.15, 0.2) is 0 Å². The number of amides is 1. The second-order valence-corrected chi connectivity index (χ2v) is 6.22. The Morgan fingerprint density at radius 2 is 2.26 bits per heavy atom. The number of hydrogen-bond donors (Lipinski definition) is 1. The van der Waals surface area contributed by atoms with Crippen molar-refractivity contribution < 1.29 is 14.6 Å². The molecule has 0 aromatic rings. The Labute approximate surface area is 116 Å². The van der Waals surface area contributed by atoms with Crippen LogP contribution in [-0.4, -0.2) is 47.8 Å². The average Bonchev–Trinajstić information content (AvgIpc) is 2.43. The Morgan fingerprint density at radius 3 is 3.00 bits per heavy atom. The molecule has 0 spiro atoms. The predicted octanol–water partition coefficient (Wildman–Crippen LogP) is 1.96. The van der Waals surface area contributed by atoms with Crippen LogP contribution >= 0.6 is 0 Å². The topological polar surface area (TPSA) is 49.8 Å². The first-order chi connectivity index (χ1) is 9.05. The highest BCUT2D eigenvalue weighted by Crippen LogP contribution is 2.39. The van der Waals surface area contributed by atoms with E-state index in [0.717, 1.165) is 38.6 Å². The van der Waals surface area contributed by atoms with Gasteiger partial charge in [0, 0.05) is 32.5 Å². The average molecular weight is 269 g/mol. The Hall–Kier alpha value is -0.610. The van der Waals surface area contributed by atoms with E-state index < -0.39 is 5.60 Å². The van der Waals surface area contributed by atoms with Gasteiger partial charge < -0.3 is 14.7 Å². The molecule has 0 bridgehead atoms. The van der Waals surface area contributed by atoms with Gasteiger partial charge >= 0.3 is 0 Å². The van der Waals surface area contributed by atoms with Crippen molar-refractivity contribution in [3.63, 3.8) is 0 Å². The Balaban J connectivity index is 1.84. The van der Waals surface area contributed by atoms with Crippen LogP contribution in [0.3, 0.4) is 0 Å². The van der Waals surface area contributed by atoms with Gasteiger partial charge in [0.05, 0.1) is 11.7 Å². The molecule has 4 heteroatoms. The summed E-state index contributed by atoms with van der Waals surface area (Å²) < 4.78 is 5.18. The fourth-order valence-corrected chi connectivity index (χ4v) is 3.40. The molecule has 0 radical (unpaired) electrons. The normalized spacial score (nSPS) is 32.8. The number of carbonyl (C=O) groups is 1. The number of hydrogen-bond acceptors (Lipinski definition) is 3. The van der Waals surface area contributed by atoms with Gasteiger partial charge in [-0.3, -0.25) is 4.79 Å². The summed E-state index contributed by atoms with van der Waals surface area (Å²) in [6.07, 6.45) is 6.53. The highest BCUT2D eigenvalue weighted by Gasteiger charge is 2.43. The Kier molecular flexibility index (Phi) is 4.85. The number of fused-ring (bicyclic) bond motifs is 1. The quantitative estimate of drug-likeness (QED) is 0.848. The Bertz CT molecular complexity index is 321. The second-order valence-electron chi connectivity index (χ2n) is 6.22. The van der Waals surface area contributed by atoms with Gasteiger partial charge in [-0.15, -0.1) is 0 Å². The zero-order valence-corrected chi connectivity index (χ0v) is 12.2. The zero-order chi connectivity index (χ0) is 13.9. The number of likely N-dealkylation sites (tertiary alicyclic amines) is 1. The lowest BCUT2D eigenvalue weighted by Gasteiger charge is -2.47. The number of nitrogens with zero attached hydrogens (tertiary/aromatic N) is 1. The predicted molar refractivity (Wildman–Crippen MR) is 73.8 cm³/mol. The number of rotatable bonds is 4. The van der Waals surface area contributed by atoms with E-state index in [1.807, 2.05) is 11.8 Å². The fraction of sp³-hybridized carbons (Fsp3) is 0.933. The number of ether oxygens (including phenoxy) is 1. The molecule has 1 amide bonds. The highest BCUT2D eigenvalue weighted by molar-refractivity contribution is 5.76. The SMILES string of the molecule is COC(C)CCC(=O)N1CCC2(O)CCCCC2C1. The van der Waals surface area contributed by atoms with Gasteiger partial charge in [-0.2, -0.15) is 0 Å². The first-order valence-electron chi connectivity index (χ1n) is 7.58. The summed E-state index contributed by atoms with van der Waals surface area (Å²) in [6, 6.07) is 0. The molecule has 1 saturated heterocycles. The van der Waals surface area contributed by atoms with Crippen molar-refractivity contribution in [3.05, 3.63) is 0 Å². The van der Waals surface area contributed by atoms with Crippen molar-refractivity contribution in [2.75, 3.05) is 20.2 Å². The van der Waals surface area contributed by atoms with Gasteiger partial charge in [-0.1, -0.05) is 12.8 Å². The van der Waals surface area contributed by atoms with Gasteiger partial charge in [-0.25, -0.2) is 0 Å². The van der Waals surface area contributed by atoms with E-state index in [0.29, 0.717) is 18.9 Å². The first kappa shape index (κ1) is 14.8. The van der Waals surface area contributed by atoms with Crippen LogP contribution < -0.4 is 0 Å². The van der Waals surface area contributed by atoms with Crippen LogP contribution in [0.5, 0.6) is 0 Å². The minimum absolute atomic E-state index is 0.139. The smallest absolute Gasteiger partial charge is 0.222 e. The molecule has 2 aliphatic rings. The molecule has 110 valence electrons. The van der Waals surface area contributed by atoms with Gasteiger partial charge in [-0.05, 0) is 32.6 Å². The molecule has 3 unspecified atom stereocenters. The summed E-state index contributed by atoms with van der Waals surface area (Å²) in [6.45, 7) is 3.45. The van der Waals surface area contributed by atoms with Crippen LogP contribution in [0.2, 0.25) is 0 Å². The molecule has 1 N–H and O–H groups in total. The van der Waals surface area contributed by atoms with E-state index in [4.69, 9.17) is 4.74 Å². The maximum absolute atomic E-state index is 12.2. The molecular weight excluding hydrogens is 242 g/mol. The minimum atomic E-state index is -0.491. The van der Waals surface area contributed by atoms with Crippen LogP contribution in [0, 0.1) is 5.92 Å². The molecule has 2 fully saturated rings. The third kappa shape index (κ3) is 3.48. The van der Waals surface area contributed by atoms with E-state index in [2.05, 4.69) is 0 Å². The fourth-order valence-electron chi connectivity index (χ4n) is 3.40. The van der Waals surface area contributed by atoms with Crippen LogP contribution in [0.1, 0.15) is 51.9 Å². The first-order valence-corrected chi connectivity index (χ1v) is 7.58. The van der Waals surface area contributed by atoms with Crippen molar-refractivity contribution in [1.82, 2.24) is 4.90 Å². The van der Waals surface area contributed by atoms with Gasteiger partial charge in [0.1, 0.15) is 0 Å². The zero-order valence-electron chi connectivity index (χ0n) is 12.2. The second kappa shape index (κ2) is 6.23. The van der Waals surface area contributed by atoms with E-state index in [9.17, 15) is 9.90 Å². The van der Waals surface area contributed by atoms with Crippen molar-refractivity contribution >= 4 is 5.91 Å². The molecule has 1 heterocycles. The third-order valence-electron chi connectivity index (χ3n) is 4.95. The summed E-state index contributed by atoms with van der Waals surface area (Å²) in [5.74, 6) is 0.510. The van der Waals surface area contributed by atoms with E-state index in [-0.39, 0.29) is 12.0 Å². The highest BCUT2D eigenvalue weighted by atomic mass is 16.5. The standard InChI is InChI=1S/C15H27NO3/c1-12(19-2)6-7-14(17)16-10-9-15(18)8-4-3-5-13(15)11-16/h12-13,18H,3-11H2,1-2H3. The summed E-state index contributed by atoms with van der Waals surface area (Å²) in [7, 11) is 1.68. The van der Waals surface area contributed by atoms with Crippen LogP contribution in [0.15, 0.2) is 0 Å². The molecular formula is C15H27NO3. The van der Waals surface area contributed by atoms with E-state index in [1.54, 1.807) is 7.11 Å².